The van der Waals surface area contributed by atoms with E-state index in [1.807, 2.05) is 12.1 Å². The third kappa shape index (κ3) is 2.97. The summed E-state index contributed by atoms with van der Waals surface area (Å²) >= 11 is 22.9. The molecule has 0 unspecified atom stereocenters. The van der Waals surface area contributed by atoms with E-state index in [2.05, 4.69) is 15.5 Å². The van der Waals surface area contributed by atoms with Crippen molar-refractivity contribution >= 4 is 46.3 Å². The van der Waals surface area contributed by atoms with Crippen LogP contribution in [-0.2, 0) is 0 Å². The summed E-state index contributed by atoms with van der Waals surface area (Å²) in [6.07, 6.45) is 0. The molecule has 104 valence electrons. The highest BCUT2D eigenvalue weighted by Gasteiger charge is 2.21. The zero-order chi connectivity index (χ0) is 15.6. The van der Waals surface area contributed by atoms with E-state index in [4.69, 9.17) is 51.7 Å². The first-order chi connectivity index (χ1) is 9.99. The average Bonchev–Trinajstić information content (AvgIpc) is 2.47. The summed E-state index contributed by atoms with van der Waals surface area (Å²) in [5.74, 6) is 0.304. The Labute approximate surface area is 139 Å². The van der Waals surface area contributed by atoms with Crippen LogP contribution in [0.25, 0.3) is 0 Å². The largest absolute Gasteiger partial charge is 0.336 e. The molecular weight excluding hydrogens is 356 g/mol. The summed E-state index contributed by atoms with van der Waals surface area (Å²) in [6.45, 7) is 0. The molecule has 21 heavy (non-hydrogen) atoms. The van der Waals surface area contributed by atoms with E-state index >= 15 is 0 Å². The minimum Gasteiger partial charge on any atom is -0.336 e. The van der Waals surface area contributed by atoms with Gasteiger partial charge in [0.25, 0.3) is 0 Å². The topological polar surface area (TPSA) is 85.4 Å². The zero-order valence-corrected chi connectivity index (χ0v) is 13.1. The van der Waals surface area contributed by atoms with Gasteiger partial charge in [-0.1, -0.05) is 39.9 Å². The lowest BCUT2D eigenvalue weighted by molar-refractivity contribution is -0.297. The van der Waals surface area contributed by atoms with Crippen LogP contribution in [0.3, 0.4) is 0 Å². The van der Waals surface area contributed by atoms with Gasteiger partial charge >= 0.3 is 5.15 Å². The summed E-state index contributed by atoms with van der Waals surface area (Å²) < 4.78 is 0. The maximum absolute atomic E-state index is 9.22. The molecule has 0 aliphatic heterocycles. The van der Waals surface area contributed by atoms with Gasteiger partial charge in [-0.05, 0) is 6.07 Å². The van der Waals surface area contributed by atoms with Crippen LogP contribution >= 0.6 is 34.8 Å². The molecule has 1 aromatic carbocycles. The van der Waals surface area contributed by atoms with E-state index in [9.17, 15) is 5.26 Å². The number of aromatic nitrogens is 2. The minimum atomic E-state index is -0.0789. The lowest BCUT2D eigenvalue weighted by Gasteiger charge is -2.13. The summed E-state index contributed by atoms with van der Waals surface area (Å²) in [5.41, 5.74) is 0.0869. The van der Waals surface area contributed by atoms with Gasteiger partial charge in [-0.15, -0.1) is 5.10 Å². The fraction of sp³-hybridized carbons (Fsp3) is 0. The molecule has 0 bridgehead atoms. The summed E-state index contributed by atoms with van der Waals surface area (Å²) in [5, 5.41) is 28.7. The first-order valence-corrected chi connectivity index (χ1v) is 6.82. The molecule has 0 fully saturated rings. The molecule has 0 atom stereocenters. The van der Waals surface area contributed by atoms with Crippen molar-refractivity contribution in [1.82, 2.24) is 10.2 Å². The predicted octanol–water partition coefficient (Wildman–Crippen LogP) is 3.62. The van der Waals surface area contributed by atoms with Crippen LogP contribution in [-0.4, -0.2) is 10.2 Å². The smallest absolute Gasteiger partial charge is 0.336 e. The van der Waals surface area contributed by atoms with Crippen LogP contribution < -0.4 is 5.32 Å². The van der Waals surface area contributed by atoms with Crippen LogP contribution in [0.2, 0.25) is 20.2 Å². The van der Waals surface area contributed by atoms with E-state index in [-0.39, 0.29) is 31.9 Å². The number of hydrogen-bond donors (Lipinski definition) is 1. The molecule has 1 N–H and O–H groups in total. The van der Waals surface area contributed by atoms with Gasteiger partial charge in [0.1, 0.15) is 12.1 Å². The summed E-state index contributed by atoms with van der Waals surface area (Å²) in [7, 11) is 0. The molecule has 0 radical (unpaired) electrons. The molecule has 0 saturated carbocycles. The quantitative estimate of drug-likeness (QED) is 0.827. The average molecular weight is 360 g/mol. The van der Waals surface area contributed by atoms with Gasteiger partial charge < -0.3 is 5.32 Å². The lowest BCUT2D eigenvalue weighted by Crippen LogP contribution is -2.01. The second kappa shape index (κ2) is 6.34. The Balaban J connectivity index is 2.61. The maximum atomic E-state index is 9.22. The molecule has 9 heteroatoms. The second-order valence-electron chi connectivity index (χ2n) is 3.67. The molecule has 0 saturated heterocycles. The Bertz CT molecular complexity index is 790. The van der Waals surface area contributed by atoms with Gasteiger partial charge in [0.05, 0.1) is 31.9 Å². The molecule has 5 nitrogen and oxygen atoms in total. The van der Waals surface area contributed by atoms with Crippen molar-refractivity contribution in [3.05, 3.63) is 43.5 Å². The number of halogens is 4. The fourth-order valence-electron chi connectivity index (χ4n) is 1.50. The van der Waals surface area contributed by atoms with Crippen LogP contribution in [0, 0.1) is 34.3 Å². The number of anilines is 2. The first kappa shape index (κ1) is 15.6. The first-order valence-electron chi connectivity index (χ1n) is 5.28. The van der Waals surface area contributed by atoms with Gasteiger partial charge in [0.2, 0.25) is 0 Å². The molecular formula is C12H4Cl4N5+. The lowest BCUT2D eigenvalue weighted by atomic mass is 10.1. The highest BCUT2D eigenvalue weighted by atomic mass is 35.5. The van der Waals surface area contributed by atoms with E-state index in [1.54, 1.807) is 12.1 Å². The van der Waals surface area contributed by atoms with Crippen LogP contribution in [0.15, 0.2) is 12.1 Å². The van der Waals surface area contributed by atoms with Gasteiger partial charge in [-0.2, -0.15) is 10.5 Å². The molecule has 1 aromatic heterocycles. The fourth-order valence-corrected chi connectivity index (χ4v) is 2.39. The standard InChI is InChI=1S/C12H4Cl4N5/c13-7-1-2-8(21-20-7)19-12-6(4-18)9(14)5(3-17)10(15)11(12)16/h1-2,13H,(H,19,21)/q+1. The molecule has 0 aliphatic rings. The summed E-state index contributed by atoms with van der Waals surface area (Å²) in [4.78, 5) is 0. The number of nitrogens with one attached hydrogen (secondary N) is 1. The Kier molecular flexibility index (Phi) is 4.72. The molecule has 2 aromatic rings. The number of benzene rings is 1. The van der Waals surface area contributed by atoms with Crippen molar-refractivity contribution in [1.29, 1.82) is 10.5 Å². The van der Waals surface area contributed by atoms with Gasteiger partial charge in [0, 0.05) is 6.07 Å². The van der Waals surface area contributed by atoms with E-state index in [1.165, 1.54) is 0 Å². The maximum Gasteiger partial charge on any atom is 0.336 e. The van der Waals surface area contributed by atoms with Crippen molar-refractivity contribution in [3.8, 4) is 12.1 Å². The number of nitriles is 2. The van der Waals surface area contributed by atoms with Crippen molar-refractivity contribution in [2.24, 2.45) is 0 Å². The zero-order valence-electron chi connectivity index (χ0n) is 9.99. The second-order valence-corrected chi connectivity index (χ2v) is 5.22. The SMILES string of the molecule is N#Cc1c(Cl)c(Cl)c(Nc2ccc([ClH+])nn2)c(C#N)c1Cl. The van der Waals surface area contributed by atoms with Crippen LogP contribution in [0.5, 0.6) is 0 Å². The Morgan fingerprint density at radius 2 is 1.62 bits per heavy atom. The van der Waals surface area contributed by atoms with Crippen molar-refractivity contribution < 1.29 is 11.6 Å². The number of nitrogens with zero attached hydrogens (tertiary/aromatic N) is 4. The number of hydrogen-bond acceptors (Lipinski definition) is 5. The van der Waals surface area contributed by atoms with Crippen molar-refractivity contribution in [3.63, 3.8) is 0 Å². The predicted molar refractivity (Wildman–Crippen MR) is 76.8 cm³/mol. The van der Waals surface area contributed by atoms with Gasteiger partial charge in [0.15, 0.2) is 17.4 Å². The van der Waals surface area contributed by atoms with Crippen molar-refractivity contribution in [2.75, 3.05) is 5.32 Å². The highest BCUT2D eigenvalue weighted by Crippen LogP contribution is 2.41. The summed E-state index contributed by atoms with van der Waals surface area (Å²) in [6, 6.07) is 6.80. The Morgan fingerprint density at radius 1 is 0.952 bits per heavy atom. The van der Waals surface area contributed by atoms with E-state index < -0.39 is 0 Å². The third-order valence-corrected chi connectivity index (χ3v) is 3.89. The highest BCUT2D eigenvalue weighted by molar-refractivity contribution is 6.46. The van der Waals surface area contributed by atoms with Crippen LogP contribution in [0.1, 0.15) is 11.1 Å². The normalized spacial score (nSPS) is 9.81. The molecule has 0 aliphatic carbocycles. The Morgan fingerprint density at radius 3 is 2.14 bits per heavy atom. The minimum absolute atomic E-state index is 0.00147. The van der Waals surface area contributed by atoms with E-state index in [0.717, 1.165) is 0 Å². The molecule has 2 rings (SSSR count). The van der Waals surface area contributed by atoms with E-state index in [0.29, 0.717) is 11.0 Å². The molecule has 1 heterocycles. The third-order valence-electron chi connectivity index (χ3n) is 2.44. The van der Waals surface area contributed by atoms with Crippen molar-refractivity contribution in [2.45, 2.75) is 0 Å². The Hall–Kier alpha value is -1.76. The van der Waals surface area contributed by atoms with Crippen LogP contribution in [0.4, 0.5) is 11.5 Å². The molecule has 0 spiro atoms. The monoisotopic (exact) mass is 358 g/mol. The van der Waals surface area contributed by atoms with Gasteiger partial charge in [-0.25, -0.2) is 0 Å². The molecule has 0 amide bonds. The van der Waals surface area contributed by atoms with Gasteiger partial charge in [-0.3, -0.25) is 0 Å². The number of rotatable bonds is 2.